The third kappa shape index (κ3) is 3.31. The van der Waals surface area contributed by atoms with Crippen LogP contribution in [0.2, 0.25) is 0 Å². The van der Waals surface area contributed by atoms with Crippen LogP contribution >= 0.6 is 0 Å². The van der Waals surface area contributed by atoms with E-state index < -0.39 is 0 Å². The lowest BCUT2D eigenvalue weighted by Crippen LogP contribution is -2.49. The highest BCUT2D eigenvalue weighted by atomic mass is 16.2. The summed E-state index contributed by atoms with van der Waals surface area (Å²) in [5.41, 5.74) is 1.69. The van der Waals surface area contributed by atoms with E-state index in [4.69, 9.17) is 0 Å². The second kappa shape index (κ2) is 7.19. The van der Waals surface area contributed by atoms with Crippen LogP contribution in [0.1, 0.15) is 68.1 Å². The molecule has 0 unspecified atom stereocenters. The zero-order valence-corrected chi connectivity index (χ0v) is 15.0. The van der Waals surface area contributed by atoms with E-state index in [1.165, 1.54) is 25.7 Å². The van der Waals surface area contributed by atoms with Crippen molar-refractivity contribution in [3.8, 4) is 0 Å². The number of carbonyl (C=O) groups excluding carboxylic acids is 2. The van der Waals surface area contributed by atoms with Crippen molar-refractivity contribution in [3.63, 3.8) is 0 Å². The third-order valence-corrected chi connectivity index (χ3v) is 6.25. The van der Waals surface area contributed by atoms with Gasteiger partial charge in [-0.3, -0.25) is 9.59 Å². The fraction of sp³-hybridized carbons (Fsp3) is 0.619. The van der Waals surface area contributed by atoms with Crippen LogP contribution in [0.15, 0.2) is 24.3 Å². The van der Waals surface area contributed by atoms with E-state index in [2.05, 4.69) is 4.90 Å². The van der Waals surface area contributed by atoms with Crippen molar-refractivity contribution in [1.82, 2.24) is 4.90 Å². The number of fused-ring (bicyclic) bond motifs is 1. The Morgan fingerprint density at radius 1 is 0.880 bits per heavy atom. The number of carbonyl (C=O) groups is 2. The molecule has 0 N–H and O–H groups in total. The molecule has 4 rings (SSSR count). The van der Waals surface area contributed by atoms with Crippen LogP contribution in [0, 0.1) is 5.92 Å². The molecule has 25 heavy (non-hydrogen) atoms. The molecule has 2 atom stereocenters. The minimum absolute atomic E-state index is 0.174. The van der Waals surface area contributed by atoms with Gasteiger partial charge in [0.15, 0.2) is 0 Å². The first-order valence-electron chi connectivity index (χ1n) is 9.95. The summed E-state index contributed by atoms with van der Waals surface area (Å²) >= 11 is 0. The van der Waals surface area contributed by atoms with E-state index in [1.807, 2.05) is 29.2 Å². The van der Waals surface area contributed by atoms with Crippen molar-refractivity contribution in [1.29, 1.82) is 0 Å². The zero-order chi connectivity index (χ0) is 17.2. The van der Waals surface area contributed by atoms with Crippen LogP contribution in [-0.4, -0.2) is 35.8 Å². The molecule has 1 saturated carbocycles. The van der Waals surface area contributed by atoms with E-state index in [1.54, 1.807) is 0 Å². The molecule has 1 aromatic rings. The highest BCUT2D eigenvalue weighted by molar-refractivity contribution is 5.97. The van der Waals surface area contributed by atoms with E-state index in [0.29, 0.717) is 18.4 Å². The van der Waals surface area contributed by atoms with E-state index in [0.717, 1.165) is 50.0 Å². The number of hydrogen-bond acceptors (Lipinski definition) is 2. The van der Waals surface area contributed by atoms with Crippen molar-refractivity contribution >= 4 is 17.5 Å². The van der Waals surface area contributed by atoms with Gasteiger partial charge in [0.25, 0.3) is 5.91 Å². The predicted molar refractivity (Wildman–Crippen MR) is 98.7 cm³/mol. The summed E-state index contributed by atoms with van der Waals surface area (Å²) < 4.78 is 0. The summed E-state index contributed by atoms with van der Waals surface area (Å²) in [7, 11) is 0. The Morgan fingerprint density at radius 2 is 1.64 bits per heavy atom. The first-order valence-corrected chi connectivity index (χ1v) is 9.95. The van der Waals surface area contributed by atoms with Crippen molar-refractivity contribution in [2.24, 2.45) is 5.92 Å². The van der Waals surface area contributed by atoms with Gasteiger partial charge in [-0.25, -0.2) is 0 Å². The van der Waals surface area contributed by atoms with Crippen LogP contribution < -0.4 is 4.90 Å². The number of nitrogens with zero attached hydrogens (tertiary/aromatic N) is 2. The smallest absolute Gasteiger partial charge is 0.254 e. The summed E-state index contributed by atoms with van der Waals surface area (Å²) in [5, 5.41) is 0. The minimum atomic E-state index is 0.174. The molecule has 0 bridgehead atoms. The van der Waals surface area contributed by atoms with Crippen molar-refractivity contribution in [3.05, 3.63) is 29.8 Å². The Kier molecular flexibility index (Phi) is 4.78. The fourth-order valence-electron chi connectivity index (χ4n) is 4.91. The van der Waals surface area contributed by atoms with Gasteiger partial charge in [0.05, 0.1) is 0 Å². The second-order valence-electron chi connectivity index (χ2n) is 7.80. The minimum Gasteiger partial charge on any atom is -0.335 e. The molecule has 134 valence electrons. The largest absolute Gasteiger partial charge is 0.335 e. The highest BCUT2D eigenvalue weighted by Gasteiger charge is 2.36. The van der Waals surface area contributed by atoms with Crippen LogP contribution in [-0.2, 0) is 4.79 Å². The zero-order valence-electron chi connectivity index (χ0n) is 15.0. The lowest BCUT2D eigenvalue weighted by molar-refractivity contribution is -0.119. The Bertz CT molecular complexity index is 638. The standard InChI is InChI=1S/C21H28N2O2/c24-20-9-3-4-14-22(20)18-12-10-17(11-13-18)21(25)23-15-5-7-16-6-1-2-8-19(16)23/h10-13,16,19H,1-9,14-15H2/t16-,19-/m0/s1. The number of piperidine rings is 2. The third-order valence-electron chi connectivity index (χ3n) is 6.25. The van der Waals surface area contributed by atoms with Gasteiger partial charge in [0.1, 0.15) is 0 Å². The summed E-state index contributed by atoms with van der Waals surface area (Å²) in [5.74, 6) is 1.08. The first kappa shape index (κ1) is 16.6. The van der Waals surface area contributed by atoms with Gasteiger partial charge >= 0.3 is 0 Å². The average molecular weight is 340 g/mol. The topological polar surface area (TPSA) is 40.6 Å². The van der Waals surface area contributed by atoms with E-state index in [-0.39, 0.29) is 11.8 Å². The highest BCUT2D eigenvalue weighted by Crippen LogP contribution is 2.36. The molecule has 2 amide bonds. The maximum absolute atomic E-state index is 13.1. The molecule has 4 nitrogen and oxygen atoms in total. The fourth-order valence-corrected chi connectivity index (χ4v) is 4.91. The van der Waals surface area contributed by atoms with Crippen LogP contribution in [0.4, 0.5) is 5.69 Å². The van der Waals surface area contributed by atoms with Gasteiger partial charge < -0.3 is 9.80 Å². The van der Waals surface area contributed by atoms with E-state index >= 15 is 0 Å². The SMILES string of the molecule is O=C1CCCCN1c1ccc(C(=O)N2CCC[C@@H]3CCCC[C@@H]32)cc1. The molecule has 0 radical (unpaired) electrons. The van der Waals surface area contributed by atoms with Gasteiger partial charge in [0.2, 0.25) is 5.91 Å². The molecule has 0 aromatic heterocycles. The summed E-state index contributed by atoms with van der Waals surface area (Å²) in [4.78, 5) is 29.1. The molecule has 0 spiro atoms. The maximum Gasteiger partial charge on any atom is 0.254 e. The van der Waals surface area contributed by atoms with Gasteiger partial charge in [-0.2, -0.15) is 0 Å². The molecule has 1 aromatic carbocycles. The molecule has 2 aliphatic heterocycles. The summed E-state index contributed by atoms with van der Waals surface area (Å²) in [6, 6.07) is 8.15. The Hall–Kier alpha value is -1.84. The van der Waals surface area contributed by atoms with Gasteiger partial charge in [-0.05, 0) is 68.7 Å². The number of anilines is 1. The van der Waals surface area contributed by atoms with Crippen LogP contribution in [0.5, 0.6) is 0 Å². The number of benzene rings is 1. The Balaban J connectivity index is 1.49. The lowest BCUT2D eigenvalue weighted by atomic mass is 9.78. The number of rotatable bonds is 2. The maximum atomic E-state index is 13.1. The van der Waals surface area contributed by atoms with Crippen molar-refractivity contribution in [2.75, 3.05) is 18.0 Å². The van der Waals surface area contributed by atoms with Crippen molar-refractivity contribution in [2.45, 2.75) is 63.8 Å². The molecule has 2 saturated heterocycles. The Morgan fingerprint density at radius 3 is 2.44 bits per heavy atom. The molecular weight excluding hydrogens is 312 g/mol. The van der Waals surface area contributed by atoms with Crippen LogP contribution in [0.3, 0.4) is 0 Å². The van der Waals surface area contributed by atoms with Gasteiger partial charge in [-0.1, -0.05) is 12.8 Å². The normalized spacial score (nSPS) is 27.1. The number of hydrogen-bond donors (Lipinski definition) is 0. The molecule has 3 fully saturated rings. The second-order valence-corrected chi connectivity index (χ2v) is 7.80. The van der Waals surface area contributed by atoms with Gasteiger partial charge in [-0.15, -0.1) is 0 Å². The summed E-state index contributed by atoms with van der Waals surface area (Å²) in [6.45, 7) is 1.69. The Labute approximate surface area is 150 Å². The number of likely N-dealkylation sites (tertiary alicyclic amines) is 1. The molecule has 3 aliphatic rings. The molecule has 4 heteroatoms. The number of amides is 2. The molecular formula is C21H28N2O2. The average Bonchev–Trinajstić information content (AvgIpc) is 2.67. The van der Waals surface area contributed by atoms with Crippen LogP contribution in [0.25, 0.3) is 0 Å². The first-order chi connectivity index (χ1) is 12.2. The predicted octanol–water partition coefficient (Wildman–Crippen LogP) is 4.00. The molecule has 1 aliphatic carbocycles. The lowest BCUT2D eigenvalue weighted by Gasteiger charge is -2.44. The summed E-state index contributed by atoms with van der Waals surface area (Å²) in [6.07, 6.45) is 10.1. The van der Waals surface area contributed by atoms with E-state index in [9.17, 15) is 9.59 Å². The van der Waals surface area contributed by atoms with Gasteiger partial charge in [0, 0.05) is 36.8 Å². The monoisotopic (exact) mass is 340 g/mol. The quantitative estimate of drug-likeness (QED) is 0.816. The molecule has 2 heterocycles. The van der Waals surface area contributed by atoms with Crippen molar-refractivity contribution < 1.29 is 9.59 Å².